The number of imidazole rings is 2. The number of aromatic nitrogens is 8. The lowest BCUT2D eigenvalue weighted by Crippen LogP contribution is -2.36. The number of fused-ring (bicyclic) bond motifs is 2. The summed E-state index contributed by atoms with van der Waals surface area (Å²) in [5.41, 5.74) is -1.49. The Bertz CT molecular complexity index is 1340. The molecule has 0 aromatic carbocycles. The summed E-state index contributed by atoms with van der Waals surface area (Å²) >= 11 is 0. The first-order chi connectivity index (χ1) is 12.2. The van der Waals surface area contributed by atoms with Gasteiger partial charge in [0.05, 0.1) is 0 Å². The van der Waals surface area contributed by atoms with Crippen molar-refractivity contribution in [3.05, 3.63) is 41.7 Å². The second-order valence-electron chi connectivity index (χ2n) is 5.98. The van der Waals surface area contributed by atoms with Gasteiger partial charge in [0.15, 0.2) is 22.9 Å². The number of hydrogen-bond acceptors (Lipinski definition) is 6. The summed E-state index contributed by atoms with van der Waals surface area (Å²) in [6, 6.07) is 0. The van der Waals surface area contributed by atoms with E-state index in [1.54, 1.807) is 0 Å². The maximum Gasteiger partial charge on any atom is 0.332 e. The second-order valence-corrected chi connectivity index (χ2v) is 5.98. The highest BCUT2D eigenvalue weighted by molar-refractivity contribution is 5.78. The van der Waals surface area contributed by atoms with Gasteiger partial charge in [-0.25, -0.2) is 19.6 Å². The van der Waals surface area contributed by atoms with Crippen molar-refractivity contribution in [2.45, 2.75) is 0 Å². The van der Waals surface area contributed by atoms with Crippen LogP contribution in [0, 0.1) is 0 Å². The SMILES string of the molecule is Cn1c(=O)c2[nH]c(-c3nc4c([nH]3)c(=O)n(C)c(=O)n4C)nc2n(C)c1=O. The standard InChI is InChI=1S/C14H14N8O4/c1-19-9-5(11(23)21(3)13(19)25)15-7(17-9)8-16-6-10(18-8)20(2)14(26)22(4)12(6)24/h1-4H3,(H,15,17)(H,16,18). The molecule has 4 aromatic rings. The fraction of sp³-hybridized carbons (Fsp3) is 0.286. The maximum atomic E-state index is 12.3. The molecule has 0 aliphatic carbocycles. The number of hydrogen-bond donors (Lipinski definition) is 2. The second kappa shape index (κ2) is 4.91. The average Bonchev–Trinajstić information content (AvgIpc) is 3.26. The quantitative estimate of drug-likeness (QED) is 0.399. The van der Waals surface area contributed by atoms with E-state index >= 15 is 0 Å². The number of nitrogens with zero attached hydrogens (tertiary/aromatic N) is 6. The van der Waals surface area contributed by atoms with E-state index in [0.29, 0.717) is 0 Å². The fourth-order valence-corrected chi connectivity index (χ4v) is 2.88. The molecule has 0 fully saturated rings. The van der Waals surface area contributed by atoms with Gasteiger partial charge in [-0.05, 0) is 0 Å². The van der Waals surface area contributed by atoms with Gasteiger partial charge in [0, 0.05) is 28.2 Å². The Balaban J connectivity index is 2.09. The van der Waals surface area contributed by atoms with Gasteiger partial charge in [0.25, 0.3) is 11.1 Å². The summed E-state index contributed by atoms with van der Waals surface area (Å²) in [5.74, 6) is 0.341. The molecule has 2 N–H and O–H groups in total. The van der Waals surface area contributed by atoms with Crippen LogP contribution in [0.4, 0.5) is 0 Å². The molecule has 0 amide bonds. The van der Waals surface area contributed by atoms with Gasteiger partial charge in [-0.3, -0.25) is 27.9 Å². The van der Waals surface area contributed by atoms with Crippen molar-refractivity contribution in [3.63, 3.8) is 0 Å². The van der Waals surface area contributed by atoms with Crippen LogP contribution in [0.2, 0.25) is 0 Å². The maximum absolute atomic E-state index is 12.3. The smallest absolute Gasteiger partial charge is 0.329 e. The number of H-pyrrole nitrogens is 2. The lowest BCUT2D eigenvalue weighted by Gasteiger charge is -2.00. The van der Waals surface area contributed by atoms with Crippen molar-refractivity contribution >= 4 is 22.3 Å². The van der Waals surface area contributed by atoms with Crippen LogP contribution in [0.25, 0.3) is 34.0 Å². The molecule has 0 bridgehead atoms. The van der Waals surface area contributed by atoms with Gasteiger partial charge in [0.1, 0.15) is 11.0 Å². The third-order valence-corrected chi connectivity index (χ3v) is 4.41. The zero-order chi connectivity index (χ0) is 18.9. The van der Waals surface area contributed by atoms with Gasteiger partial charge < -0.3 is 9.97 Å². The topological polar surface area (TPSA) is 145 Å². The van der Waals surface area contributed by atoms with Crippen LogP contribution in [-0.2, 0) is 28.2 Å². The number of aryl methyl sites for hydroxylation is 2. The molecule has 0 radical (unpaired) electrons. The molecular weight excluding hydrogens is 344 g/mol. The first-order valence-electron chi connectivity index (χ1n) is 7.54. The molecule has 0 atom stereocenters. The van der Waals surface area contributed by atoms with Crippen LogP contribution in [0.5, 0.6) is 0 Å². The first-order valence-corrected chi connectivity index (χ1v) is 7.54. The molecule has 0 saturated carbocycles. The van der Waals surface area contributed by atoms with E-state index in [9.17, 15) is 19.2 Å². The molecule has 134 valence electrons. The third-order valence-electron chi connectivity index (χ3n) is 4.41. The highest BCUT2D eigenvalue weighted by atomic mass is 16.2. The highest BCUT2D eigenvalue weighted by Crippen LogP contribution is 2.17. The Labute approximate surface area is 143 Å². The van der Waals surface area contributed by atoms with Crippen LogP contribution in [0.15, 0.2) is 19.2 Å². The molecule has 0 saturated heterocycles. The summed E-state index contributed by atoms with van der Waals surface area (Å²) in [4.78, 5) is 62.7. The van der Waals surface area contributed by atoms with Crippen LogP contribution in [0.3, 0.4) is 0 Å². The van der Waals surface area contributed by atoms with Crippen molar-refractivity contribution in [1.82, 2.24) is 38.2 Å². The number of aromatic amines is 2. The lowest BCUT2D eigenvalue weighted by molar-refractivity contribution is 0.708. The lowest BCUT2D eigenvalue weighted by atomic mass is 10.5. The molecule has 4 rings (SSSR count). The summed E-state index contributed by atoms with van der Waals surface area (Å²) in [5, 5.41) is 0. The summed E-state index contributed by atoms with van der Waals surface area (Å²) in [7, 11) is 5.72. The molecule has 0 spiro atoms. The largest absolute Gasteiger partial charge is 0.332 e. The summed E-state index contributed by atoms with van der Waals surface area (Å²) in [6.07, 6.45) is 0. The van der Waals surface area contributed by atoms with E-state index < -0.39 is 22.5 Å². The Kier molecular flexibility index (Phi) is 2.98. The monoisotopic (exact) mass is 358 g/mol. The molecule has 12 heteroatoms. The Morgan fingerprint density at radius 2 is 0.962 bits per heavy atom. The average molecular weight is 358 g/mol. The molecule has 0 unspecified atom stereocenters. The molecule has 12 nitrogen and oxygen atoms in total. The van der Waals surface area contributed by atoms with Crippen molar-refractivity contribution in [1.29, 1.82) is 0 Å². The van der Waals surface area contributed by atoms with Crippen molar-refractivity contribution in [3.8, 4) is 11.6 Å². The van der Waals surface area contributed by atoms with E-state index in [0.717, 1.165) is 9.13 Å². The van der Waals surface area contributed by atoms with Gasteiger partial charge in [-0.2, -0.15) is 0 Å². The molecule has 0 aliphatic rings. The van der Waals surface area contributed by atoms with E-state index in [4.69, 9.17) is 0 Å². The Morgan fingerprint density at radius 1 is 0.615 bits per heavy atom. The molecule has 0 aliphatic heterocycles. The van der Waals surface area contributed by atoms with E-state index in [1.165, 1.54) is 37.3 Å². The van der Waals surface area contributed by atoms with E-state index in [1.807, 2.05) is 0 Å². The predicted octanol–water partition coefficient (Wildman–Crippen LogP) is -2.10. The molecule has 26 heavy (non-hydrogen) atoms. The minimum Gasteiger partial charge on any atom is -0.329 e. The third kappa shape index (κ3) is 1.83. The van der Waals surface area contributed by atoms with Crippen LogP contribution < -0.4 is 22.5 Å². The zero-order valence-corrected chi connectivity index (χ0v) is 14.3. The van der Waals surface area contributed by atoms with Crippen molar-refractivity contribution in [2.75, 3.05) is 0 Å². The van der Waals surface area contributed by atoms with E-state index in [2.05, 4.69) is 19.9 Å². The first kappa shape index (κ1) is 15.8. The van der Waals surface area contributed by atoms with Gasteiger partial charge in [-0.15, -0.1) is 0 Å². The van der Waals surface area contributed by atoms with Crippen molar-refractivity contribution < 1.29 is 0 Å². The number of nitrogens with one attached hydrogen (secondary N) is 2. The Hall–Kier alpha value is -3.70. The van der Waals surface area contributed by atoms with E-state index in [-0.39, 0.29) is 34.0 Å². The van der Waals surface area contributed by atoms with Gasteiger partial charge in [0.2, 0.25) is 0 Å². The minimum atomic E-state index is -0.527. The van der Waals surface area contributed by atoms with Crippen LogP contribution in [-0.4, -0.2) is 38.2 Å². The highest BCUT2D eigenvalue weighted by Gasteiger charge is 2.19. The minimum absolute atomic E-state index is 0.131. The molecular formula is C14H14N8O4. The van der Waals surface area contributed by atoms with Crippen LogP contribution >= 0.6 is 0 Å². The van der Waals surface area contributed by atoms with Crippen LogP contribution in [0.1, 0.15) is 0 Å². The predicted molar refractivity (Wildman–Crippen MR) is 92.1 cm³/mol. The van der Waals surface area contributed by atoms with Crippen molar-refractivity contribution in [2.24, 2.45) is 28.2 Å². The molecule has 4 aromatic heterocycles. The summed E-state index contributed by atoms with van der Waals surface area (Å²) in [6.45, 7) is 0. The molecule has 4 heterocycles. The van der Waals surface area contributed by atoms with Gasteiger partial charge in [-0.1, -0.05) is 0 Å². The zero-order valence-electron chi connectivity index (χ0n) is 14.3. The fourth-order valence-electron chi connectivity index (χ4n) is 2.88. The summed E-state index contributed by atoms with van der Waals surface area (Å²) < 4.78 is 4.38. The van der Waals surface area contributed by atoms with Gasteiger partial charge >= 0.3 is 11.4 Å². The number of rotatable bonds is 1. The normalized spacial score (nSPS) is 11.7. The Morgan fingerprint density at radius 3 is 1.31 bits per heavy atom.